The van der Waals surface area contributed by atoms with Crippen molar-refractivity contribution in [2.75, 3.05) is 20.2 Å². The normalized spacial score (nSPS) is 27.2. The topological polar surface area (TPSA) is 61.8 Å². The summed E-state index contributed by atoms with van der Waals surface area (Å²) < 4.78 is 84.9. The summed E-state index contributed by atoms with van der Waals surface area (Å²) in [5.41, 5.74) is -3.72. The SMILES string of the molecule is COC1CC(O)CCC1N1CCC(CC2CC2)(C(=O)NCc2cc(C(F)(F)F)cc(C(F)(F)F)c2)CC1. The summed E-state index contributed by atoms with van der Waals surface area (Å²) in [5.74, 6) is 0.103. The Kier molecular flexibility index (Phi) is 8.17. The molecule has 0 spiro atoms. The number of hydrogen-bond acceptors (Lipinski definition) is 4. The number of amides is 1. The molecule has 3 aliphatic rings. The molecule has 4 rings (SSSR count). The highest BCUT2D eigenvalue weighted by atomic mass is 19.4. The minimum absolute atomic E-state index is 0.0904. The van der Waals surface area contributed by atoms with Crippen molar-refractivity contribution in [3.05, 3.63) is 34.9 Å². The number of nitrogens with zero attached hydrogens (tertiary/aromatic N) is 1. The first kappa shape index (κ1) is 28.2. The number of ether oxygens (including phenoxy) is 1. The molecule has 5 nitrogen and oxygen atoms in total. The zero-order valence-electron chi connectivity index (χ0n) is 20.8. The van der Waals surface area contributed by atoms with Crippen molar-refractivity contribution in [1.82, 2.24) is 10.2 Å². The second-order valence-electron chi connectivity index (χ2n) is 10.9. The van der Waals surface area contributed by atoms with Gasteiger partial charge in [-0.05, 0) is 74.9 Å². The number of rotatable bonds is 7. The zero-order chi connectivity index (χ0) is 27.0. The largest absolute Gasteiger partial charge is 0.416 e. The van der Waals surface area contributed by atoms with Crippen LogP contribution >= 0.6 is 0 Å². The molecular formula is C26H34F6N2O3. The van der Waals surface area contributed by atoms with Crippen LogP contribution in [0.5, 0.6) is 0 Å². The number of methoxy groups -OCH3 is 1. The van der Waals surface area contributed by atoms with Crippen LogP contribution in [-0.4, -0.2) is 54.4 Å². The Morgan fingerprint density at radius 2 is 1.62 bits per heavy atom. The molecule has 3 unspecified atom stereocenters. The maximum atomic E-state index is 13.4. The van der Waals surface area contributed by atoms with Crippen LogP contribution in [0.4, 0.5) is 26.3 Å². The first-order valence-electron chi connectivity index (χ1n) is 12.8. The van der Waals surface area contributed by atoms with Gasteiger partial charge >= 0.3 is 12.4 Å². The Bertz CT molecular complexity index is 922. The van der Waals surface area contributed by atoms with Gasteiger partial charge < -0.3 is 15.2 Å². The number of aliphatic hydroxyl groups is 1. The highest BCUT2D eigenvalue weighted by Crippen LogP contribution is 2.47. The van der Waals surface area contributed by atoms with Crippen molar-refractivity contribution < 1.29 is 41.0 Å². The summed E-state index contributed by atoms with van der Waals surface area (Å²) >= 11 is 0. The van der Waals surface area contributed by atoms with Crippen LogP contribution in [0.25, 0.3) is 0 Å². The van der Waals surface area contributed by atoms with Crippen LogP contribution in [-0.2, 0) is 28.4 Å². The van der Waals surface area contributed by atoms with Crippen molar-refractivity contribution in [2.24, 2.45) is 11.3 Å². The Balaban J connectivity index is 1.46. The van der Waals surface area contributed by atoms with E-state index in [1.165, 1.54) is 0 Å². The number of carbonyl (C=O) groups is 1. The second kappa shape index (κ2) is 10.7. The molecule has 1 heterocycles. The Morgan fingerprint density at radius 3 is 2.14 bits per heavy atom. The maximum Gasteiger partial charge on any atom is 0.416 e. The van der Waals surface area contributed by atoms with E-state index in [0.717, 1.165) is 19.3 Å². The molecule has 1 aromatic carbocycles. The number of aliphatic hydroxyl groups excluding tert-OH is 1. The average Bonchev–Trinajstić information content (AvgIpc) is 3.65. The molecule has 2 N–H and O–H groups in total. The third kappa shape index (κ3) is 6.78. The molecule has 1 saturated heterocycles. The van der Waals surface area contributed by atoms with E-state index in [9.17, 15) is 36.2 Å². The smallest absolute Gasteiger partial charge is 0.393 e. The van der Waals surface area contributed by atoms with E-state index >= 15 is 0 Å². The van der Waals surface area contributed by atoms with Crippen LogP contribution in [0.3, 0.4) is 0 Å². The van der Waals surface area contributed by atoms with Crippen molar-refractivity contribution in [2.45, 2.75) is 88.5 Å². The Morgan fingerprint density at radius 1 is 1.03 bits per heavy atom. The summed E-state index contributed by atoms with van der Waals surface area (Å²) in [4.78, 5) is 15.7. The molecule has 11 heteroatoms. The molecule has 2 aliphatic carbocycles. The molecule has 0 aromatic heterocycles. The van der Waals surface area contributed by atoms with E-state index in [2.05, 4.69) is 10.2 Å². The Labute approximate surface area is 212 Å². The van der Waals surface area contributed by atoms with Gasteiger partial charge in [0.15, 0.2) is 0 Å². The van der Waals surface area contributed by atoms with Crippen LogP contribution < -0.4 is 5.32 Å². The van der Waals surface area contributed by atoms with E-state index in [4.69, 9.17) is 4.74 Å². The van der Waals surface area contributed by atoms with E-state index < -0.39 is 35.4 Å². The van der Waals surface area contributed by atoms with Gasteiger partial charge in [-0.3, -0.25) is 9.69 Å². The van der Waals surface area contributed by atoms with Crippen LogP contribution in [0, 0.1) is 11.3 Å². The van der Waals surface area contributed by atoms with Crippen molar-refractivity contribution in [1.29, 1.82) is 0 Å². The summed E-state index contributed by atoms with van der Waals surface area (Å²) in [6.07, 6.45) is -4.50. The number of alkyl halides is 6. The molecule has 37 heavy (non-hydrogen) atoms. The molecule has 1 amide bonds. The van der Waals surface area contributed by atoms with Gasteiger partial charge in [0.2, 0.25) is 5.91 Å². The number of halogens is 6. The van der Waals surface area contributed by atoms with Gasteiger partial charge in [-0.1, -0.05) is 12.8 Å². The maximum absolute atomic E-state index is 13.4. The fraction of sp³-hybridized carbons (Fsp3) is 0.731. The lowest BCUT2D eigenvalue weighted by molar-refractivity contribution is -0.143. The second-order valence-corrected chi connectivity index (χ2v) is 10.9. The average molecular weight is 537 g/mol. The summed E-state index contributed by atoms with van der Waals surface area (Å²) in [6.45, 7) is 0.874. The summed E-state index contributed by atoms with van der Waals surface area (Å²) in [5, 5.41) is 12.7. The number of benzene rings is 1. The van der Waals surface area contributed by atoms with Gasteiger partial charge in [0.25, 0.3) is 0 Å². The molecule has 0 radical (unpaired) electrons. The lowest BCUT2D eigenvalue weighted by Gasteiger charge is -2.47. The van der Waals surface area contributed by atoms with Gasteiger partial charge in [0, 0.05) is 26.1 Å². The zero-order valence-corrected chi connectivity index (χ0v) is 20.8. The lowest BCUT2D eigenvalue weighted by atomic mass is 9.72. The predicted molar refractivity (Wildman–Crippen MR) is 123 cm³/mol. The van der Waals surface area contributed by atoms with Gasteiger partial charge in [0.05, 0.1) is 28.7 Å². The number of hydrogen-bond donors (Lipinski definition) is 2. The van der Waals surface area contributed by atoms with Gasteiger partial charge in [0.1, 0.15) is 0 Å². The highest BCUT2D eigenvalue weighted by Gasteiger charge is 2.47. The van der Waals surface area contributed by atoms with Crippen LogP contribution in [0.2, 0.25) is 0 Å². The molecule has 1 aromatic rings. The minimum Gasteiger partial charge on any atom is -0.393 e. The van der Waals surface area contributed by atoms with Crippen LogP contribution in [0.1, 0.15) is 68.1 Å². The van der Waals surface area contributed by atoms with Gasteiger partial charge in [-0.25, -0.2) is 0 Å². The summed E-state index contributed by atoms with van der Waals surface area (Å²) in [6, 6.07) is 1.55. The number of piperidine rings is 1. The standard InChI is InChI=1S/C26H34F6N2O3/c1-37-22-13-20(35)4-5-21(22)34-8-6-24(7-9-34,14-16-2-3-16)23(36)33-15-17-10-18(25(27,28)29)12-19(11-17)26(30,31)32/h10-12,16,20-22,35H,2-9,13-15H2,1H3,(H,33,36). The predicted octanol–water partition coefficient (Wildman–Crippen LogP) is 5.15. The molecule has 2 saturated carbocycles. The number of carbonyl (C=O) groups excluding carboxylic acids is 1. The molecule has 208 valence electrons. The molecule has 3 fully saturated rings. The van der Waals surface area contributed by atoms with Crippen LogP contribution in [0.15, 0.2) is 18.2 Å². The van der Waals surface area contributed by atoms with E-state index in [1.807, 2.05) is 0 Å². The van der Waals surface area contributed by atoms with Crippen molar-refractivity contribution in [3.8, 4) is 0 Å². The fourth-order valence-electron chi connectivity index (χ4n) is 5.94. The third-order valence-corrected chi connectivity index (χ3v) is 8.21. The third-order valence-electron chi connectivity index (χ3n) is 8.21. The molecule has 0 bridgehead atoms. The van der Waals surface area contributed by atoms with E-state index in [1.54, 1.807) is 7.11 Å². The first-order chi connectivity index (χ1) is 17.3. The molecular weight excluding hydrogens is 502 g/mol. The first-order valence-corrected chi connectivity index (χ1v) is 12.8. The Hall–Kier alpha value is -1.85. The number of nitrogens with one attached hydrogen (secondary N) is 1. The van der Waals surface area contributed by atoms with Gasteiger partial charge in [-0.2, -0.15) is 26.3 Å². The van der Waals surface area contributed by atoms with E-state index in [-0.39, 0.29) is 35.8 Å². The van der Waals surface area contributed by atoms with E-state index in [0.29, 0.717) is 63.2 Å². The monoisotopic (exact) mass is 536 g/mol. The fourth-order valence-corrected chi connectivity index (χ4v) is 5.94. The molecule has 1 aliphatic heterocycles. The van der Waals surface area contributed by atoms with Crippen molar-refractivity contribution in [3.63, 3.8) is 0 Å². The minimum atomic E-state index is -4.94. The summed E-state index contributed by atoms with van der Waals surface area (Å²) in [7, 11) is 1.63. The quantitative estimate of drug-likeness (QED) is 0.474. The number of likely N-dealkylation sites (tertiary alicyclic amines) is 1. The molecule has 3 atom stereocenters. The highest BCUT2D eigenvalue weighted by molar-refractivity contribution is 5.82. The van der Waals surface area contributed by atoms with Gasteiger partial charge in [-0.15, -0.1) is 0 Å². The lowest BCUT2D eigenvalue weighted by Crippen LogP contribution is -2.55. The van der Waals surface area contributed by atoms with Crippen molar-refractivity contribution >= 4 is 5.91 Å².